The van der Waals surface area contributed by atoms with Crippen molar-refractivity contribution in [1.82, 2.24) is 10.2 Å². The first-order chi connectivity index (χ1) is 9.63. The van der Waals surface area contributed by atoms with Gasteiger partial charge in [-0.25, -0.2) is 8.78 Å². The number of benzene rings is 1. The van der Waals surface area contributed by atoms with Gasteiger partial charge >= 0.3 is 0 Å². The van der Waals surface area contributed by atoms with E-state index in [1.165, 1.54) is 6.07 Å². The van der Waals surface area contributed by atoms with E-state index in [9.17, 15) is 8.78 Å². The molecular formula is C16H26F2N2. The second-order valence-corrected chi connectivity index (χ2v) is 4.97. The highest BCUT2D eigenvalue weighted by atomic mass is 19.2. The molecule has 2 nitrogen and oxygen atoms in total. The van der Waals surface area contributed by atoms with Crippen LogP contribution in [0.1, 0.15) is 45.2 Å². The maximum atomic E-state index is 13.9. The van der Waals surface area contributed by atoms with Crippen LogP contribution in [0.15, 0.2) is 18.2 Å². The third-order valence-electron chi connectivity index (χ3n) is 3.63. The average molecular weight is 284 g/mol. The Balaban J connectivity index is 2.80. The average Bonchev–Trinajstić information content (AvgIpc) is 2.46. The minimum absolute atomic E-state index is 0.133. The fourth-order valence-corrected chi connectivity index (χ4v) is 2.33. The van der Waals surface area contributed by atoms with Gasteiger partial charge in [-0.3, -0.25) is 0 Å². The number of nitrogens with one attached hydrogen (secondary N) is 1. The standard InChI is InChI=1S/C16H26F2N2/c1-4-11-19-15(10-12-20(5-2)6-3)13-8-7-9-14(17)16(13)18/h7-9,15,19H,4-6,10-12H2,1-3H3. The van der Waals surface area contributed by atoms with Crippen molar-refractivity contribution in [3.05, 3.63) is 35.4 Å². The van der Waals surface area contributed by atoms with Gasteiger partial charge in [-0.15, -0.1) is 0 Å². The summed E-state index contributed by atoms with van der Waals surface area (Å²) in [6.07, 6.45) is 1.75. The van der Waals surface area contributed by atoms with Gasteiger partial charge < -0.3 is 10.2 Å². The predicted molar refractivity (Wildman–Crippen MR) is 79.8 cm³/mol. The molecule has 1 N–H and O–H groups in total. The topological polar surface area (TPSA) is 15.3 Å². The summed E-state index contributed by atoms with van der Waals surface area (Å²) in [5, 5.41) is 3.32. The van der Waals surface area contributed by atoms with Crippen LogP contribution in [0.25, 0.3) is 0 Å². The molecule has 0 aromatic heterocycles. The molecule has 0 aliphatic heterocycles. The molecule has 0 saturated heterocycles. The molecule has 0 aliphatic rings. The van der Waals surface area contributed by atoms with Gasteiger partial charge in [0.1, 0.15) is 0 Å². The van der Waals surface area contributed by atoms with Crippen molar-refractivity contribution in [3.63, 3.8) is 0 Å². The van der Waals surface area contributed by atoms with Gasteiger partial charge in [0.15, 0.2) is 11.6 Å². The lowest BCUT2D eigenvalue weighted by Crippen LogP contribution is -2.30. The Bertz CT molecular complexity index is 392. The van der Waals surface area contributed by atoms with Crippen molar-refractivity contribution < 1.29 is 8.78 Å². The molecule has 0 fully saturated rings. The maximum Gasteiger partial charge on any atom is 0.163 e. The van der Waals surface area contributed by atoms with E-state index >= 15 is 0 Å². The van der Waals surface area contributed by atoms with E-state index in [1.807, 2.05) is 0 Å². The first kappa shape index (κ1) is 17.1. The first-order valence-electron chi connectivity index (χ1n) is 7.53. The Hall–Kier alpha value is -1.00. The molecule has 20 heavy (non-hydrogen) atoms. The van der Waals surface area contributed by atoms with Gasteiger partial charge in [-0.1, -0.05) is 32.9 Å². The van der Waals surface area contributed by atoms with Gasteiger partial charge in [-0.2, -0.15) is 0 Å². The molecule has 1 unspecified atom stereocenters. The zero-order chi connectivity index (χ0) is 15.0. The van der Waals surface area contributed by atoms with E-state index in [-0.39, 0.29) is 6.04 Å². The van der Waals surface area contributed by atoms with Crippen LogP contribution in [0.5, 0.6) is 0 Å². The van der Waals surface area contributed by atoms with E-state index in [0.717, 1.165) is 39.0 Å². The highest BCUT2D eigenvalue weighted by molar-refractivity contribution is 5.22. The molecule has 0 radical (unpaired) electrons. The number of hydrogen-bond donors (Lipinski definition) is 1. The SMILES string of the molecule is CCCNC(CCN(CC)CC)c1cccc(F)c1F. The van der Waals surface area contributed by atoms with Gasteiger partial charge in [0.25, 0.3) is 0 Å². The second-order valence-electron chi connectivity index (χ2n) is 4.97. The highest BCUT2D eigenvalue weighted by Gasteiger charge is 2.18. The molecule has 1 aromatic rings. The Labute approximate surface area is 121 Å². The monoisotopic (exact) mass is 284 g/mol. The van der Waals surface area contributed by atoms with Crippen LogP contribution in [0.2, 0.25) is 0 Å². The molecule has 0 heterocycles. The normalized spacial score (nSPS) is 12.9. The molecule has 0 saturated carbocycles. The summed E-state index contributed by atoms with van der Waals surface area (Å²) in [7, 11) is 0. The summed E-state index contributed by atoms with van der Waals surface area (Å²) in [5.74, 6) is -1.49. The van der Waals surface area contributed by atoms with Crippen molar-refractivity contribution in [1.29, 1.82) is 0 Å². The van der Waals surface area contributed by atoms with E-state index in [1.54, 1.807) is 12.1 Å². The van der Waals surface area contributed by atoms with Crippen LogP contribution in [0.3, 0.4) is 0 Å². The smallest absolute Gasteiger partial charge is 0.163 e. The number of hydrogen-bond acceptors (Lipinski definition) is 2. The molecule has 0 spiro atoms. The molecule has 1 rings (SSSR count). The predicted octanol–water partition coefficient (Wildman–Crippen LogP) is 3.74. The first-order valence-corrected chi connectivity index (χ1v) is 7.53. The van der Waals surface area contributed by atoms with Crippen molar-refractivity contribution >= 4 is 0 Å². The lowest BCUT2D eigenvalue weighted by Gasteiger charge is -2.24. The van der Waals surface area contributed by atoms with Crippen molar-refractivity contribution in [3.8, 4) is 0 Å². The van der Waals surface area contributed by atoms with Crippen molar-refractivity contribution in [2.24, 2.45) is 0 Å². The second kappa shape index (κ2) is 9.03. The van der Waals surface area contributed by atoms with Crippen LogP contribution >= 0.6 is 0 Å². The molecule has 1 aromatic carbocycles. The van der Waals surface area contributed by atoms with E-state index in [4.69, 9.17) is 0 Å². The van der Waals surface area contributed by atoms with Crippen LogP contribution in [-0.2, 0) is 0 Å². The molecule has 0 bridgehead atoms. The summed E-state index contributed by atoms with van der Waals surface area (Å²) in [6, 6.07) is 4.28. The Morgan fingerprint density at radius 1 is 1.15 bits per heavy atom. The van der Waals surface area contributed by atoms with E-state index in [2.05, 4.69) is 31.0 Å². The molecular weight excluding hydrogens is 258 g/mol. The Morgan fingerprint density at radius 2 is 1.85 bits per heavy atom. The third-order valence-corrected chi connectivity index (χ3v) is 3.63. The molecule has 4 heteroatoms. The fourth-order valence-electron chi connectivity index (χ4n) is 2.33. The molecule has 1 atom stereocenters. The van der Waals surface area contributed by atoms with Gasteiger partial charge in [-0.05, 0) is 45.1 Å². The summed E-state index contributed by atoms with van der Waals surface area (Å²) in [5.41, 5.74) is 0.436. The summed E-state index contributed by atoms with van der Waals surface area (Å²) >= 11 is 0. The summed E-state index contributed by atoms with van der Waals surface area (Å²) in [6.45, 7) is 9.92. The largest absolute Gasteiger partial charge is 0.310 e. The minimum Gasteiger partial charge on any atom is -0.310 e. The van der Waals surface area contributed by atoms with Gasteiger partial charge in [0, 0.05) is 11.6 Å². The highest BCUT2D eigenvalue weighted by Crippen LogP contribution is 2.22. The molecule has 0 aliphatic carbocycles. The van der Waals surface area contributed by atoms with E-state index in [0.29, 0.717) is 5.56 Å². The summed E-state index contributed by atoms with van der Waals surface area (Å²) in [4.78, 5) is 2.29. The number of halogens is 2. The van der Waals surface area contributed by atoms with Crippen LogP contribution in [0, 0.1) is 11.6 Å². The number of nitrogens with zero attached hydrogens (tertiary/aromatic N) is 1. The lowest BCUT2D eigenvalue weighted by atomic mass is 10.0. The summed E-state index contributed by atoms with van der Waals surface area (Å²) < 4.78 is 27.3. The van der Waals surface area contributed by atoms with Crippen molar-refractivity contribution in [2.45, 2.75) is 39.7 Å². The zero-order valence-corrected chi connectivity index (χ0v) is 12.8. The lowest BCUT2D eigenvalue weighted by molar-refractivity contribution is 0.279. The Morgan fingerprint density at radius 3 is 2.45 bits per heavy atom. The van der Waals surface area contributed by atoms with Crippen LogP contribution < -0.4 is 5.32 Å². The van der Waals surface area contributed by atoms with Crippen LogP contribution in [0.4, 0.5) is 8.78 Å². The molecule has 114 valence electrons. The number of rotatable bonds is 9. The van der Waals surface area contributed by atoms with Crippen LogP contribution in [-0.4, -0.2) is 31.1 Å². The molecule has 0 amide bonds. The zero-order valence-electron chi connectivity index (χ0n) is 12.8. The van der Waals surface area contributed by atoms with Gasteiger partial charge in [0.2, 0.25) is 0 Å². The quantitative estimate of drug-likeness (QED) is 0.743. The fraction of sp³-hybridized carbons (Fsp3) is 0.625. The Kier molecular flexibility index (Phi) is 7.70. The minimum atomic E-state index is -0.770. The maximum absolute atomic E-state index is 13.9. The third kappa shape index (κ3) is 4.84. The van der Waals surface area contributed by atoms with Crippen molar-refractivity contribution in [2.75, 3.05) is 26.2 Å². The van der Waals surface area contributed by atoms with Gasteiger partial charge in [0.05, 0.1) is 0 Å². The van der Waals surface area contributed by atoms with E-state index < -0.39 is 11.6 Å².